The molecular formula is C9H10F2N2O. The van der Waals surface area contributed by atoms with E-state index in [1.807, 2.05) is 0 Å². The number of hydrogen-bond donors (Lipinski definition) is 2. The first-order valence-corrected chi connectivity index (χ1v) is 3.97. The molecule has 0 saturated carbocycles. The number of halogens is 2. The number of primary amides is 1. The summed E-state index contributed by atoms with van der Waals surface area (Å²) in [6, 6.07) is 2.41. The zero-order valence-corrected chi connectivity index (χ0v) is 7.55. The van der Waals surface area contributed by atoms with Crippen molar-refractivity contribution in [3.8, 4) is 0 Å². The molecule has 3 nitrogen and oxygen atoms in total. The minimum Gasteiger partial charge on any atom is -0.368 e. The van der Waals surface area contributed by atoms with Gasteiger partial charge in [0.2, 0.25) is 5.91 Å². The minimum atomic E-state index is -0.996. The van der Waals surface area contributed by atoms with Crippen LogP contribution < -0.4 is 11.1 Å². The number of amides is 1. The van der Waals surface area contributed by atoms with Gasteiger partial charge in [-0.15, -0.1) is 0 Å². The van der Waals surface area contributed by atoms with Crippen LogP contribution in [0.15, 0.2) is 18.2 Å². The lowest BCUT2D eigenvalue weighted by atomic mass is 10.1. The number of carbonyl (C=O) groups is 1. The van der Waals surface area contributed by atoms with Crippen molar-refractivity contribution in [2.45, 2.75) is 6.04 Å². The highest BCUT2D eigenvalue weighted by molar-refractivity contribution is 5.81. The van der Waals surface area contributed by atoms with Crippen LogP contribution >= 0.6 is 0 Å². The van der Waals surface area contributed by atoms with Gasteiger partial charge in [-0.3, -0.25) is 4.79 Å². The summed E-state index contributed by atoms with van der Waals surface area (Å²) in [7, 11) is 1.51. The maximum Gasteiger partial charge on any atom is 0.239 e. The summed E-state index contributed by atoms with van der Waals surface area (Å²) in [4.78, 5) is 10.9. The fourth-order valence-corrected chi connectivity index (χ4v) is 1.17. The number of hydrogen-bond acceptors (Lipinski definition) is 2. The molecule has 0 aliphatic rings. The number of likely N-dealkylation sites (N-methyl/N-ethyl adjacent to an activating group) is 1. The number of nitrogens with two attached hydrogens (primary N) is 1. The summed E-state index contributed by atoms with van der Waals surface area (Å²) in [5.41, 5.74) is 5.35. The third-order valence-corrected chi connectivity index (χ3v) is 1.85. The first-order valence-electron chi connectivity index (χ1n) is 3.97. The topological polar surface area (TPSA) is 55.1 Å². The molecular weight excluding hydrogens is 190 g/mol. The van der Waals surface area contributed by atoms with Crippen LogP contribution in [0.1, 0.15) is 11.6 Å². The van der Waals surface area contributed by atoms with Crippen molar-refractivity contribution in [1.82, 2.24) is 5.32 Å². The second-order valence-electron chi connectivity index (χ2n) is 2.80. The number of benzene rings is 1. The molecule has 0 radical (unpaired) electrons. The van der Waals surface area contributed by atoms with Gasteiger partial charge in [0.05, 0.1) is 0 Å². The van der Waals surface area contributed by atoms with Gasteiger partial charge in [-0.2, -0.15) is 0 Å². The van der Waals surface area contributed by atoms with Gasteiger partial charge >= 0.3 is 0 Å². The summed E-state index contributed by atoms with van der Waals surface area (Å²) >= 11 is 0. The normalized spacial score (nSPS) is 12.5. The summed E-state index contributed by atoms with van der Waals surface area (Å²) in [5.74, 6) is -2.59. The smallest absolute Gasteiger partial charge is 0.239 e. The van der Waals surface area contributed by atoms with E-state index in [0.29, 0.717) is 5.56 Å². The molecule has 76 valence electrons. The number of nitrogens with one attached hydrogen (secondary N) is 1. The Balaban J connectivity index is 3.06. The Morgan fingerprint density at radius 2 is 2.07 bits per heavy atom. The van der Waals surface area contributed by atoms with Crippen molar-refractivity contribution >= 4 is 5.91 Å². The first-order chi connectivity index (χ1) is 6.56. The van der Waals surface area contributed by atoms with Gasteiger partial charge < -0.3 is 11.1 Å². The fourth-order valence-electron chi connectivity index (χ4n) is 1.17. The molecule has 0 fully saturated rings. The SMILES string of the molecule is CNC(C(N)=O)c1ccc(F)c(F)c1. The molecule has 0 bridgehead atoms. The Labute approximate surface area is 79.9 Å². The van der Waals surface area contributed by atoms with Gasteiger partial charge in [0.1, 0.15) is 6.04 Å². The van der Waals surface area contributed by atoms with E-state index in [-0.39, 0.29) is 0 Å². The Hall–Kier alpha value is -1.49. The molecule has 5 heteroatoms. The first kappa shape index (κ1) is 10.6. The standard InChI is InChI=1S/C9H10F2N2O/c1-13-8(9(12)14)5-2-3-6(10)7(11)4-5/h2-4,8,13H,1H3,(H2,12,14). The summed E-state index contributed by atoms with van der Waals surface area (Å²) in [6.07, 6.45) is 0. The average Bonchev–Trinajstić information content (AvgIpc) is 2.11. The molecule has 0 heterocycles. The molecule has 0 aromatic heterocycles. The van der Waals surface area contributed by atoms with Crippen molar-refractivity contribution in [2.24, 2.45) is 5.73 Å². The average molecular weight is 200 g/mol. The molecule has 0 aliphatic heterocycles. The van der Waals surface area contributed by atoms with Crippen LogP contribution in [0.5, 0.6) is 0 Å². The third kappa shape index (κ3) is 2.05. The van der Waals surface area contributed by atoms with Crippen molar-refractivity contribution in [3.63, 3.8) is 0 Å². The summed E-state index contributed by atoms with van der Waals surface area (Å²) in [5, 5.41) is 2.60. The van der Waals surface area contributed by atoms with Crippen LogP contribution in [0, 0.1) is 11.6 Å². The fraction of sp³-hybridized carbons (Fsp3) is 0.222. The van der Waals surface area contributed by atoms with Gasteiger partial charge in [0, 0.05) is 0 Å². The monoisotopic (exact) mass is 200 g/mol. The van der Waals surface area contributed by atoms with Gasteiger partial charge in [-0.1, -0.05) is 6.07 Å². The van der Waals surface area contributed by atoms with E-state index in [1.165, 1.54) is 13.1 Å². The molecule has 3 N–H and O–H groups in total. The van der Waals surface area contributed by atoms with E-state index >= 15 is 0 Å². The second-order valence-corrected chi connectivity index (χ2v) is 2.80. The predicted octanol–water partition coefficient (Wildman–Crippen LogP) is 0.711. The van der Waals surface area contributed by atoms with E-state index in [9.17, 15) is 13.6 Å². The van der Waals surface area contributed by atoms with Gasteiger partial charge in [-0.25, -0.2) is 8.78 Å². The highest BCUT2D eigenvalue weighted by atomic mass is 19.2. The minimum absolute atomic E-state index is 0.305. The Morgan fingerprint density at radius 3 is 2.50 bits per heavy atom. The van der Waals surface area contributed by atoms with Crippen molar-refractivity contribution in [2.75, 3.05) is 7.05 Å². The number of rotatable bonds is 3. The molecule has 0 spiro atoms. The van der Waals surface area contributed by atoms with Crippen molar-refractivity contribution < 1.29 is 13.6 Å². The molecule has 1 aromatic rings. The zero-order valence-electron chi connectivity index (χ0n) is 7.55. The van der Waals surface area contributed by atoms with E-state index in [2.05, 4.69) is 5.32 Å². The van der Waals surface area contributed by atoms with E-state index in [1.54, 1.807) is 0 Å². The van der Waals surface area contributed by atoms with Crippen LogP contribution in [0.2, 0.25) is 0 Å². The maximum absolute atomic E-state index is 12.8. The van der Waals surface area contributed by atoms with E-state index in [0.717, 1.165) is 12.1 Å². The predicted molar refractivity (Wildman–Crippen MR) is 47.4 cm³/mol. The van der Waals surface area contributed by atoms with Crippen LogP contribution in [0.4, 0.5) is 8.78 Å². The molecule has 1 amide bonds. The molecule has 1 atom stereocenters. The molecule has 1 unspecified atom stereocenters. The Kier molecular flexibility index (Phi) is 3.14. The second kappa shape index (κ2) is 4.15. The molecule has 1 rings (SSSR count). The lowest BCUT2D eigenvalue weighted by Crippen LogP contribution is -2.31. The van der Waals surface area contributed by atoms with E-state index in [4.69, 9.17) is 5.73 Å². The molecule has 0 aliphatic carbocycles. The molecule has 1 aromatic carbocycles. The summed E-state index contributed by atoms with van der Waals surface area (Å²) < 4.78 is 25.3. The molecule has 0 saturated heterocycles. The van der Waals surface area contributed by atoms with Crippen molar-refractivity contribution in [3.05, 3.63) is 35.4 Å². The number of carbonyl (C=O) groups excluding carboxylic acids is 1. The zero-order chi connectivity index (χ0) is 10.7. The highest BCUT2D eigenvalue weighted by Crippen LogP contribution is 2.15. The van der Waals surface area contributed by atoms with Gasteiger partial charge in [0.25, 0.3) is 0 Å². The van der Waals surface area contributed by atoms with E-state index < -0.39 is 23.6 Å². The molecule has 14 heavy (non-hydrogen) atoms. The largest absolute Gasteiger partial charge is 0.368 e. The Morgan fingerprint density at radius 1 is 1.43 bits per heavy atom. The van der Waals surface area contributed by atoms with Crippen LogP contribution in [-0.2, 0) is 4.79 Å². The van der Waals surface area contributed by atoms with Crippen LogP contribution in [0.3, 0.4) is 0 Å². The van der Waals surface area contributed by atoms with Crippen LogP contribution in [0.25, 0.3) is 0 Å². The van der Waals surface area contributed by atoms with Crippen LogP contribution in [-0.4, -0.2) is 13.0 Å². The highest BCUT2D eigenvalue weighted by Gasteiger charge is 2.16. The quantitative estimate of drug-likeness (QED) is 0.755. The lowest BCUT2D eigenvalue weighted by molar-refractivity contribution is -0.120. The lowest BCUT2D eigenvalue weighted by Gasteiger charge is -2.12. The maximum atomic E-state index is 12.8. The Bertz CT molecular complexity index is 355. The summed E-state index contributed by atoms with van der Waals surface area (Å²) in [6.45, 7) is 0. The third-order valence-electron chi connectivity index (χ3n) is 1.85. The van der Waals surface area contributed by atoms with Crippen molar-refractivity contribution in [1.29, 1.82) is 0 Å². The van der Waals surface area contributed by atoms with Gasteiger partial charge in [-0.05, 0) is 24.7 Å². The van der Waals surface area contributed by atoms with Gasteiger partial charge in [0.15, 0.2) is 11.6 Å².